The van der Waals surface area contributed by atoms with Gasteiger partial charge < -0.3 is 20.1 Å². The predicted molar refractivity (Wildman–Crippen MR) is 124 cm³/mol. The van der Waals surface area contributed by atoms with E-state index in [2.05, 4.69) is 0 Å². The standard InChI is InChI=1S/C25H24O6S/c1-16-11-23(31-15-17(13-26)14-27)20(12-21(16)24-3-2-10-32-24)8-9-22(28)18-4-6-19(7-5-18)25(29)30/h2-12,17,26-27H,13-15H2,1H3,(H,29,30)/b9-8+. The average molecular weight is 453 g/mol. The second kappa shape index (κ2) is 10.9. The molecule has 0 spiro atoms. The minimum absolute atomic E-state index is 0.114. The molecule has 0 saturated carbocycles. The quantitative estimate of drug-likeness (QED) is 0.313. The highest BCUT2D eigenvalue weighted by atomic mass is 32.1. The maximum absolute atomic E-state index is 12.6. The van der Waals surface area contributed by atoms with Crippen LogP contribution >= 0.6 is 11.3 Å². The third-order valence-electron chi connectivity index (χ3n) is 4.97. The van der Waals surface area contributed by atoms with Gasteiger partial charge >= 0.3 is 5.97 Å². The normalized spacial score (nSPS) is 11.2. The van der Waals surface area contributed by atoms with E-state index in [1.165, 1.54) is 30.3 Å². The zero-order chi connectivity index (χ0) is 23.1. The van der Waals surface area contributed by atoms with E-state index in [-0.39, 0.29) is 31.2 Å². The van der Waals surface area contributed by atoms with Gasteiger partial charge in [0, 0.05) is 21.9 Å². The Morgan fingerprint density at radius 2 is 1.75 bits per heavy atom. The number of thiophene rings is 1. The maximum Gasteiger partial charge on any atom is 0.335 e. The molecule has 3 N–H and O–H groups in total. The molecule has 0 radical (unpaired) electrons. The van der Waals surface area contributed by atoms with E-state index < -0.39 is 11.9 Å². The van der Waals surface area contributed by atoms with Crippen LogP contribution in [0.15, 0.2) is 60.0 Å². The summed E-state index contributed by atoms with van der Waals surface area (Å²) in [6, 6.07) is 13.6. The Morgan fingerprint density at radius 1 is 1.06 bits per heavy atom. The van der Waals surface area contributed by atoms with Crippen molar-refractivity contribution in [3.8, 4) is 16.2 Å². The fraction of sp³-hybridized carbons (Fsp3) is 0.200. The van der Waals surface area contributed by atoms with Crippen molar-refractivity contribution in [2.45, 2.75) is 6.92 Å². The number of carbonyl (C=O) groups excluding carboxylic acids is 1. The van der Waals surface area contributed by atoms with Crippen LogP contribution in [-0.4, -0.2) is 46.9 Å². The average Bonchev–Trinajstić information content (AvgIpc) is 3.33. The molecule has 1 aromatic heterocycles. The van der Waals surface area contributed by atoms with E-state index in [4.69, 9.17) is 9.84 Å². The summed E-state index contributed by atoms with van der Waals surface area (Å²) in [5.41, 5.74) is 3.19. The number of hydrogen-bond acceptors (Lipinski definition) is 6. The first-order valence-corrected chi connectivity index (χ1v) is 10.9. The van der Waals surface area contributed by atoms with E-state index in [1.807, 2.05) is 36.6 Å². The monoisotopic (exact) mass is 452 g/mol. The van der Waals surface area contributed by atoms with Gasteiger partial charge in [-0.15, -0.1) is 11.3 Å². The third-order valence-corrected chi connectivity index (χ3v) is 5.87. The molecule has 0 fully saturated rings. The minimum Gasteiger partial charge on any atom is -0.492 e. The van der Waals surface area contributed by atoms with Crippen molar-refractivity contribution in [3.05, 3.63) is 82.2 Å². The number of carboxylic acids is 1. The van der Waals surface area contributed by atoms with Gasteiger partial charge in [0.15, 0.2) is 5.78 Å². The molecule has 3 rings (SSSR count). The van der Waals surface area contributed by atoms with E-state index in [0.29, 0.717) is 16.9 Å². The number of allylic oxidation sites excluding steroid dienone is 1. The molecule has 166 valence electrons. The zero-order valence-corrected chi connectivity index (χ0v) is 18.3. The molecule has 0 aliphatic heterocycles. The van der Waals surface area contributed by atoms with Crippen LogP contribution in [0.3, 0.4) is 0 Å². The summed E-state index contributed by atoms with van der Waals surface area (Å²) in [5.74, 6) is -1.18. The Labute approximate surface area is 190 Å². The lowest BCUT2D eigenvalue weighted by Crippen LogP contribution is -2.20. The molecule has 3 aromatic rings. The number of aliphatic hydroxyl groups is 2. The highest BCUT2D eigenvalue weighted by Crippen LogP contribution is 2.34. The molecule has 0 aliphatic carbocycles. The molecule has 0 saturated heterocycles. The number of benzene rings is 2. The molecule has 7 heteroatoms. The van der Waals surface area contributed by atoms with Crippen molar-refractivity contribution >= 4 is 29.2 Å². The number of ether oxygens (including phenoxy) is 1. The fourth-order valence-electron chi connectivity index (χ4n) is 3.06. The molecule has 6 nitrogen and oxygen atoms in total. The second-order valence-corrected chi connectivity index (χ2v) is 8.25. The molecule has 0 unspecified atom stereocenters. The Hall–Kier alpha value is -3.26. The Balaban J connectivity index is 1.91. The van der Waals surface area contributed by atoms with Crippen molar-refractivity contribution in [1.29, 1.82) is 0 Å². The molecule has 2 aromatic carbocycles. The van der Waals surface area contributed by atoms with E-state index in [0.717, 1.165) is 16.0 Å². The molecule has 0 aliphatic rings. The summed E-state index contributed by atoms with van der Waals surface area (Å²) in [5, 5.41) is 29.6. The van der Waals surface area contributed by atoms with Crippen LogP contribution in [0.2, 0.25) is 0 Å². The summed E-state index contributed by atoms with van der Waals surface area (Å²) >= 11 is 1.61. The number of carboxylic acid groups (broad SMARTS) is 1. The first-order valence-electron chi connectivity index (χ1n) is 10.0. The highest BCUT2D eigenvalue weighted by molar-refractivity contribution is 7.13. The maximum atomic E-state index is 12.6. The molecule has 32 heavy (non-hydrogen) atoms. The van der Waals surface area contributed by atoms with E-state index in [9.17, 15) is 19.8 Å². The van der Waals surface area contributed by atoms with Gasteiger partial charge in [-0.25, -0.2) is 4.79 Å². The SMILES string of the molecule is Cc1cc(OCC(CO)CO)c(/C=C/C(=O)c2ccc(C(=O)O)cc2)cc1-c1cccs1. The number of carbonyl (C=O) groups is 2. The molecule has 0 atom stereocenters. The summed E-state index contributed by atoms with van der Waals surface area (Å²) in [4.78, 5) is 24.7. The van der Waals surface area contributed by atoms with Crippen LogP contribution in [0.5, 0.6) is 5.75 Å². The lowest BCUT2D eigenvalue weighted by molar-refractivity contribution is 0.0696. The Morgan fingerprint density at radius 3 is 2.34 bits per heavy atom. The van der Waals surface area contributed by atoms with Crippen LogP contribution in [0.1, 0.15) is 31.8 Å². The van der Waals surface area contributed by atoms with Gasteiger partial charge in [0.1, 0.15) is 5.75 Å². The predicted octanol–water partition coefficient (Wildman–Crippen LogP) is 4.30. The smallest absolute Gasteiger partial charge is 0.335 e. The molecule has 1 heterocycles. The second-order valence-electron chi connectivity index (χ2n) is 7.30. The topological polar surface area (TPSA) is 104 Å². The molecule has 0 amide bonds. The van der Waals surface area contributed by atoms with Crippen molar-refractivity contribution in [3.63, 3.8) is 0 Å². The van der Waals surface area contributed by atoms with Gasteiger partial charge in [-0.1, -0.05) is 18.2 Å². The van der Waals surface area contributed by atoms with Crippen LogP contribution in [0, 0.1) is 12.8 Å². The van der Waals surface area contributed by atoms with Crippen molar-refractivity contribution in [2.24, 2.45) is 5.92 Å². The first-order chi connectivity index (χ1) is 15.4. The number of aryl methyl sites for hydroxylation is 1. The summed E-state index contributed by atoms with van der Waals surface area (Å²) < 4.78 is 5.87. The van der Waals surface area contributed by atoms with Crippen molar-refractivity contribution in [1.82, 2.24) is 0 Å². The van der Waals surface area contributed by atoms with Crippen LogP contribution in [0.25, 0.3) is 16.5 Å². The van der Waals surface area contributed by atoms with Gasteiger partial charge in [-0.2, -0.15) is 0 Å². The number of ketones is 1. The number of aromatic carboxylic acids is 1. The van der Waals surface area contributed by atoms with Crippen molar-refractivity contribution < 1.29 is 29.6 Å². The van der Waals surface area contributed by atoms with Crippen LogP contribution in [-0.2, 0) is 0 Å². The van der Waals surface area contributed by atoms with Gasteiger partial charge in [0.05, 0.1) is 25.4 Å². The number of hydrogen-bond donors (Lipinski definition) is 3. The van der Waals surface area contributed by atoms with Gasteiger partial charge in [-0.3, -0.25) is 4.79 Å². The van der Waals surface area contributed by atoms with Gasteiger partial charge in [-0.05, 0) is 65.9 Å². The Kier molecular flexibility index (Phi) is 7.94. The third kappa shape index (κ3) is 5.70. The Bertz CT molecular complexity index is 1100. The lowest BCUT2D eigenvalue weighted by Gasteiger charge is -2.16. The fourth-order valence-corrected chi connectivity index (χ4v) is 3.87. The zero-order valence-electron chi connectivity index (χ0n) is 17.5. The number of rotatable bonds is 10. The molecular formula is C25H24O6S. The molecular weight excluding hydrogens is 428 g/mol. The largest absolute Gasteiger partial charge is 0.492 e. The molecule has 0 bridgehead atoms. The van der Waals surface area contributed by atoms with Crippen LogP contribution in [0.4, 0.5) is 0 Å². The summed E-state index contributed by atoms with van der Waals surface area (Å²) in [7, 11) is 0. The summed E-state index contributed by atoms with van der Waals surface area (Å²) in [6.45, 7) is 1.72. The van der Waals surface area contributed by atoms with Crippen molar-refractivity contribution in [2.75, 3.05) is 19.8 Å². The lowest BCUT2D eigenvalue weighted by atomic mass is 10.0. The van der Waals surface area contributed by atoms with E-state index >= 15 is 0 Å². The summed E-state index contributed by atoms with van der Waals surface area (Å²) in [6.07, 6.45) is 3.08. The number of aliphatic hydroxyl groups excluding tert-OH is 2. The van der Waals surface area contributed by atoms with E-state index in [1.54, 1.807) is 17.4 Å². The highest BCUT2D eigenvalue weighted by Gasteiger charge is 2.13. The van der Waals surface area contributed by atoms with Gasteiger partial charge in [0.25, 0.3) is 0 Å². The van der Waals surface area contributed by atoms with Crippen LogP contribution < -0.4 is 4.74 Å². The van der Waals surface area contributed by atoms with Gasteiger partial charge in [0.2, 0.25) is 0 Å². The minimum atomic E-state index is -1.05. The first kappa shape index (κ1) is 23.4.